The van der Waals surface area contributed by atoms with Crippen molar-refractivity contribution in [2.45, 2.75) is 58.6 Å². The summed E-state index contributed by atoms with van der Waals surface area (Å²) in [5.41, 5.74) is 1.07. The van der Waals surface area contributed by atoms with Crippen LogP contribution >= 0.6 is 23.2 Å². The molecule has 270 valence electrons. The summed E-state index contributed by atoms with van der Waals surface area (Å²) in [6, 6.07) is 9.29. The number of fused-ring (bicyclic) bond motifs is 1. The van der Waals surface area contributed by atoms with Crippen molar-refractivity contribution in [3.63, 3.8) is 0 Å². The maximum Gasteiger partial charge on any atom is 0.412 e. The first-order valence-electron chi connectivity index (χ1n) is 15.9. The quantitative estimate of drug-likeness (QED) is 0.149. The Labute approximate surface area is 295 Å². The summed E-state index contributed by atoms with van der Waals surface area (Å²) < 4.78 is 84.7. The molecule has 3 N–H and O–H groups in total. The van der Waals surface area contributed by atoms with Crippen molar-refractivity contribution >= 4 is 57.7 Å². The number of rotatable bonds is 9. The predicted molar refractivity (Wildman–Crippen MR) is 183 cm³/mol. The van der Waals surface area contributed by atoms with Gasteiger partial charge in [0.05, 0.1) is 27.2 Å². The number of carbonyl (C=O) groups is 1. The van der Waals surface area contributed by atoms with Crippen LogP contribution in [0.3, 0.4) is 0 Å². The van der Waals surface area contributed by atoms with Crippen LogP contribution in [-0.4, -0.2) is 52.4 Å². The number of anilines is 3. The fraction of sp³-hybridized carbons (Fsp3) is 0.441. The average molecular weight is 745 g/mol. The van der Waals surface area contributed by atoms with E-state index in [9.17, 15) is 31.1 Å². The van der Waals surface area contributed by atoms with Crippen LogP contribution in [0.15, 0.2) is 48.5 Å². The monoisotopic (exact) mass is 743 g/mol. The smallest absolute Gasteiger partial charge is 0.356 e. The van der Waals surface area contributed by atoms with E-state index >= 15 is 0 Å². The number of piperidine rings is 1. The molecule has 8 nitrogen and oxygen atoms in total. The molecule has 2 aromatic carbocycles. The Bertz CT molecular complexity index is 1830. The third-order valence-electron chi connectivity index (χ3n) is 8.44. The molecule has 2 aromatic heterocycles. The zero-order chi connectivity index (χ0) is 36.6. The predicted octanol–water partition coefficient (Wildman–Crippen LogP) is 8.97. The number of imidazole rings is 1. The Morgan fingerprint density at radius 1 is 0.980 bits per heavy atom. The number of pyridine rings is 1. The molecule has 16 heteroatoms. The maximum absolute atomic E-state index is 14.2. The van der Waals surface area contributed by atoms with E-state index in [1.54, 1.807) is 29.8 Å². The zero-order valence-electron chi connectivity index (χ0n) is 27.7. The minimum Gasteiger partial charge on any atom is -0.356 e. The van der Waals surface area contributed by atoms with Crippen molar-refractivity contribution in [2.24, 2.45) is 18.4 Å². The summed E-state index contributed by atoms with van der Waals surface area (Å²) >= 11 is 13.3. The van der Waals surface area contributed by atoms with Crippen molar-refractivity contribution < 1.29 is 31.1 Å². The fourth-order valence-electron chi connectivity index (χ4n) is 5.78. The van der Waals surface area contributed by atoms with Gasteiger partial charge in [0.25, 0.3) is 5.91 Å². The molecule has 1 saturated heterocycles. The van der Waals surface area contributed by atoms with E-state index in [0.29, 0.717) is 22.3 Å². The SMILES string of the molecule is Cn1c(Nc2c(Cl)ccc(CNCC(C)(C)C)c2Cl)nc2cc(C(=O)NC(c3ccccc3)C(F)(F)F)c(N3CCC(C(F)(F)F)CC3)nc21. The summed E-state index contributed by atoms with van der Waals surface area (Å²) in [6.45, 7) is 7.24. The highest BCUT2D eigenvalue weighted by atomic mass is 35.5. The van der Waals surface area contributed by atoms with Gasteiger partial charge in [-0.25, -0.2) is 9.97 Å². The van der Waals surface area contributed by atoms with E-state index in [4.69, 9.17) is 23.2 Å². The van der Waals surface area contributed by atoms with E-state index in [1.165, 1.54) is 35.2 Å². The molecule has 0 aliphatic carbocycles. The second-order valence-electron chi connectivity index (χ2n) is 13.5. The number of aromatic nitrogens is 3. The number of alkyl halides is 6. The van der Waals surface area contributed by atoms with Gasteiger partial charge >= 0.3 is 12.4 Å². The summed E-state index contributed by atoms with van der Waals surface area (Å²) in [4.78, 5) is 24.4. The number of hydrogen-bond donors (Lipinski definition) is 3. The van der Waals surface area contributed by atoms with Gasteiger partial charge in [-0.05, 0) is 41.5 Å². The molecule has 0 saturated carbocycles. The maximum atomic E-state index is 14.2. The van der Waals surface area contributed by atoms with Crippen molar-refractivity contribution in [2.75, 3.05) is 29.9 Å². The van der Waals surface area contributed by atoms with Crippen LogP contribution in [0, 0.1) is 11.3 Å². The van der Waals surface area contributed by atoms with Crippen LogP contribution in [0.4, 0.5) is 43.8 Å². The van der Waals surface area contributed by atoms with Crippen LogP contribution in [0.2, 0.25) is 10.0 Å². The zero-order valence-corrected chi connectivity index (χ0v) is 29.2. The third-order valence-corrected chi connectivity index (χ3v) is 9.19. The molecule has 1 fully saturated rings. The number of hydrogen-bond acceptors (Lipinski definition) is 6. The van der Waals surface area contributed by atoms with Crippen LogP contribution in [0.25, 0.3) is 11.2 Å². The highest BCUT2D eigenvalue weighted by molar-refractivity contribution is 6.39. The number of carbonyl (C=O) groups excluding carboxylic acids is 1. The normalized spacial score (nSPS) is 15.4. The molecule has 1 amide bonds. The first-order valence-corrected chi connectivity index (χ1v) is 16.7. The van der Waals surface area contributed by atoms with Gasteiger partial charge in [0.15, 0.2) is 11.7 Å². The van der Waals surface area contributed by atoms with E-state index < -0.39 is 30.2 Å². The van der Waals surface area contributed by atoms with Crippen molar-refractivity contribution in [1.29, 1.82) is 0 Å². The minimum atomic E-state index is -4.85. The second kappa shape index (κ2) is 14.5. The van der Waals surface area contributed by atoms with Crippen molar-refractivity contribution in [1.82, 2.24) is 25.2 Å². The number of nitrogens with one attached hydrogen (secondary N) is 3. The first kappa shape index (κ1) is 37.5. The van der Waals surface area contributed by atoms with Gasteiger partial charge in [-0.2, -0.15) is 26.3 Å². The summed E-state index contributed by atoms with van der Waals surface area (Å²) in [5.74, 6) is -2.51. The summed E-state index contributed by atoms with van der Waals surface area (Å²) in [7, 11) is 1.62. The van der Waals surface area contributed by atoms with E-state index in [1.807, 2.05) is 0 Å². The Balaban J connectivity index is 1.53. The fourth-order valence-corrected chi connectivity index (χ4v) is 6.31. The highest BCUT2D eigenvalue weighted by Crippen LogP contribution is 2.39. The van der Waals surface area contributed by atoms with Gasteiger partial charge in [0.2, 0.25) is 5.95 Å². The summed E-state index contributed by atoms with van der Waals surface area (Å²) in [6.07, 6.45) is -9.78. The van der Waals surface area contributed by atoms with Crippen LogP contribution < -0.4 is 20.9 Å². The first-order chi connectivity index (χ1) is 23.3. The Morgan fingerprint density at radius 3 is 2.24 bits per heavy atom. The second-order valence-corrected chi connectivity index (χ2v) is 14.3. The van der Waals surface area contributed by atoms with E-state index in [-0.39, 0.29) is 65.4 Å². The molecular formula is C34H37Cl2F6N7O. The Hall–Kier alpha value is -3.75. The van der Waals surface area contributed by atoms with Crippen LogP contribution in [-0.2, 0) is 13.6 Å². The lowest BCUT2D eigenvalue weighted by Crippen LogP contribution is -2.42. The molecule has 3 heterocycles. The van der Waals surface area contributed by atoms with Crippen LogP contribution in [0.1, 0.15) is 61.1 Å². The van der Waals surface area contributed by atoms with Gasteiger partial charge in [0, 0.05) is 33.2 Å². The Morgan fingerprint density at radius 2 is 1.64 bits per heavy atom. The lowest BCUT2D eigenvalue weighted by atomic mass is 9.96. The summed E-state index contributed by atoms with van der Waals surface area (Å²) in [5, 5.41) is 9.19. The number of halogens is 8. The lowest BCUT2D eigenvalue weighted by molar-refractivity contribution is -0.179. The Kier molecular flexibility index (Phi) is 10.9. The molecule has 1 atom stereocenters. The van der Waals surface area contributed by atoms with Gasteiger partial charge in [-0.1, -0.05) is 80.4 Å². The van der Waals surface area contributed by atoms with E-state index in [0.717, 1.165) is 12.1 Å². The number of amides is 1. The standard InChI is InChI=1S/C34H37Cl2F6N7O/c1-32(2,3)18-43-17-20-10-11-23(35)26(25(20)36)45-31-44-24-16-22(30(50)46-27(34(40,41)42)19-8-6-5-7-9-19)28(47-29(24)48(31)4)49-14-12-21(13-15-49)33(37,38)39/h5-11,16,21,27,43H,12-15,17-18H2,1-4H3,(H,44,45)(H,46,50). The van der Waals surface area contributed by atoms with E-state index in [2.05, 4.69) is 46.7 Å². The van der Waals surface area contributed by atoms with Crippen molar-refractivity contribution in [3.8, 4) is 0 Å². The van der Waals surface area contributed by atoms with Gasteiger partial charge in [0.1, 0.15) is 11.3 Å². The average Bonchev–Trinajstić information content (AvgIpc) is 3.34. The van der Waals surface area contributed by atoms with Gasteiger partial charge in [-0.15, -0.1) is 0 Å². The van der Waals surface area contributed by atoms with Gasteiger partial charge in [-0.3, -0.25) is 9.36 Å². The molecule has 4 aromatic rings. The molecular weight excluding hydrogens is 707 g/mol. The lowest BCUT2D eigenvalue weighted by Gasteiger charge is -2.34. The molecule has 1 unspecified atom stereocenters. The molecule has 1 aliphatic heterocycles. The highest BCUT2D eigenvalue weighted by Gasteiger charge is 2.44. The molecule has 5 rings (SSSR count). The van der Waals surface area contributed by atoms with Crippen LogP contribution in [0.5, 0.6) is 0 Å². The van der Waals surface area contributed by atoms with Gasteiger partial charge < -0.3 is 20.9 Å². The molecule has 0 radical (unpaired) electrons. The molecule has 50 heavy (non-hydrogen) atoms. The molecule has 1 aliphatic rings. The molecule has 0 bridgehead atoms. The number of aryl methyl sites for hydroxylation is 1. The largest absolute Gasteiger partial charge is 0.412 e. The van der Waals surface area contributed by atoms with Crippen molar-refractivity contribution in [3.05, 3.63) is 75.3 Å². The number of benzene rings is 2. The minimum absolute atomic E-state index is 0.0398. The topological polar surface area (TPSA) is 87.1 Å². The third kappa shape index (κ3) is 8.57. The number of nitrogens with zero attached hydrogens (tertiary/aromatic N) is 4. The molecule has 0 spiro atoms.